The maximum Gasteiger partial charge on any atom is 0.147 e. The standard InChI is InChI=1S/C13H16ClN3O/c1-17(8-10(14)9-18-2)13-7-15-11-5-3-4-6-12(11)16-13/h3-7,10H,8-9H2,1-2H3. The molecule has 0 N–H and O–H groups in total. The molecule has 0 radical (unpaired) electrons. The zero-order valence-electron chi connectivity index (χ0n) is 10.5. The molecule has 18 heavy (non-hydrogen) atoms. The van der Waals surface area contributed by atoms with Gasteiger partial charge in [0.1, 0.15) is 5.82 Å². The van der Waals surface area contributed by atoms with Gasteiger partial charge in [0.2, 0.25) is 0 Å². The fourth-order valence-electron chi connectivity index (χ4n) is 1.76. The Bertz CT molecular complexity index is 520. The number of para-hydroxylation sites is 2. The molecule has 0 aliphatic heterocycles. The van der Waals surface area contributed by atoms with Crippen molar-refractivity contribution in [1.82, 2.24) is 9.97 Å². The van der Waals surface area contributed by atoms with Gasteiger partial charge in [0.05, 0.1) is 29.2 Å². The molecular weight excluding hydrogens is 250 g/mol. The van der Waals surface area contributed by atoms with Gasteiger partial charge in [-0.2, -0.15) is 0 Å². The predicted molar refractivity (Wildman–Crippen MR) is 74.3 cm³/mol. The summed E-state index contributed by atoms with van der Waals surface area (Å²) in [6.07, 6.45) is 1.76. The monoisotopic (exact) mass is 265 g/mol. The van der Waals surface area contributed by atoms with Crippen LogP contribution in [-0.4, -0.2) is 42.7 Å². The number of benzene rings is 1. The molecule has 1 aromatic carbocycles. The van der Waals surface area contributed by atoms with Gasteiger partial charge in [0.25, 0.3) is 0 Å². The van der Waals surface area contributed by atoms with Gasteiger partial charge in [-0.1, -0.05) is 12.1 Å². The number of aromatic nitrogens is 2. The van der Waals surface area contributed by atoms with Crippen LogP contribution in [0.3, 0.4) is 0 Å². The summed E-state index contributed by atoms with van der Waals surface area (Å²) >= 11 is 6.13. The molecule has 0 saturated carbocycles. The summed E-state index contributed by atoms with van der Waals surface area (Å²) in [7, 11) is 3.59. The highest BCUT2D eigenvalue weighted by Gasteiger charge is 2.10. The van der Waals surface area contributed by atoms with Crippen LogP contribution >= 0.6 is 11.6 Å². The zero-order valence-corrected chi connectivity index (χ0v) is 11.3. The quantitative estimate of drug-likeness (QED) is 0.778. The van der Waals surface area contributed by atoms with Gasteiger partial charge in [0.15, 0.2) is 0 Å². The van der Waals surface area contributed by atoms with Gasteiger partial charge < -0.3 is 9.64 Å². The Kier molecular flexibility index (Phi) is 4.33. The van der Waals surface area contributed by atoms with Gasteiger partial charge in [0, 0.05) is 20.7 Å². The number of ether oxygens (including phenoxy) is 1. The van der Waals surface area contributed by atoms with Crippen molar-refractivity contribution in [3.8, 4) is 0 Å². The minimum absolute atomic E-state index is 0.0618. The van der Waals surface area contributed by atoms with Crippen molar-refractivity contribution in [3.63, 3.8) is 0 Å². The summed E-state index contributed by atoms with van der Waals surface area (Å²) in [4.78, 5) is 10.9. The van der Waals surface area contributed by atoms with Gasteiger partial charge >= 0.3 is 0 Å². The molecule has 0 spiro atoms. The molecule has 0 bridgehead atoms. The largest absolute Gasteiger partial charge is 0.383 e. The summed E-state index contributed by atoms with van der Waals surface area (Å²) in [6, 6.07) is 7.80. The molecule has 96 valence electrons. The Morgan fingerprint density at radius 2 is 2.06 bits per heavy atom. The second-order valence-corrected chi connectivity index (χ2v) is 4.77. The molecule has 5 heteroatoms. The number of alkyl halides is 1. The van der Waals surface area contributed by atoms with Crippen LogP contribution in [-0.2, 0) is 4.74 Å². The lowest BCUT2D eigenvalue weighted by atomic mass is 10.3. The van der Waals surface area contributed by atoms with Crippen molar-refractivity contribution in [1.29, 1.82) is 0 Å². The third kappa shape index (κ3) is 3.09. The van der Waals surface area contributed by atoms with Crippen LogP contribution in [0.2, 0.25) is 0 Å². The zero-order chi connectivity index (χ0) is 13.0. The SMILES string of the molecule is COCC(Cl)CN(C)c1cnc2ccccc2n1. The van der Waals surface area contributed by atoms with E-state index in [1.165, 1.54) is 0 Å². The van der Waals surface area contributed by atoms with E-state index in [0.717, 1.165) is 16.9 Å². The average molecular weight is 266 g/mol. The molecule has 0 amide bonds. The summed E-state index contributed by atoms with van der Waals surface area (Å²) in [5, 5.41) is -0.0618. The molecule has 2 rings (SSSR count). The van der Waals surface area contributed by atoms with Crippen LogP contribution < -0.4 is 4.90 Å². The van der Waals surface area contributed by atoms with E-state index in [9.17, 15) is 0 Å². The minimum atomic E-state index is -0.0618. The molecule has 0 aliphatic carbocycles. The van der Waals surface area contributed by atoms with E-state index < -0.39 is 0 Å². The first-order valence-corrected chi connectivity index (χ1v) is 6.20. The molecule has 0 saturated heterocycles. The lowest BCUT2D eigenvalue weighted by molar-refractivity contribution is 0.199. The normalized spacial score (nSPS) is 12.6. The van der Waals surface area contributed by atoms with Gasteiger partial charge in [-0.05, 0) is 12.1 Å². The maximum absolute atomic E-state index is 6.13. The number of fused-ring (bicyclic) bond motifs is 1. The van der Waals surface area contributed by atoms with Crippen LogP contribution in [0.25, 0.3) is 11.0 Å². The first-order valence-electron chi connectivity index (χ1n) is 5.76. The number of anilines is 1. The fourth-order valence-corrected chi connectivity index (χ4v) is 2.09. The highest BCUT2D eigenvalue weighted by molar-refractivity contribution is 6.21. The van der Waals surface area contributed by atoms with Crippen LogP contribution in [0.15, 0.2) is 30.5 Å². The molecule has 0 fully saturated rings. The van der Waals surface area contributed by atoms with Gasteiger partial charge in [-0.25, -0.2) is 4.98 Å². The predicted octanol–water partition coefficient (Wildman–Crippen LogP) is 2.32. The van der Waals surface area contributed by atoms with Crippen LogP contribution in [0.5, 0.6) is 0 Å². The van der Waals surface area contributed by atoms with E-state index in [1.54, 1.807) is 13.3 Å². The Labute approximate surface area is 112 Å². The van der Waals surface area contributed by atoms with Crippen molar-refractivity contribution in [2.45, 2.75) is 5.38 Å². The third-order valence-electron chi connectivity index (χ3n) is 2.65. The van der Waals surface area contributed by atoms with Crippen molar-refractivity contribution < 1.29 is 4.74 Å². The Morgan fingerprint density at radius 3 is 2.78 bits per heavy atom. The van der Waals surface area contributed by atoms with Crippen molar-refractivity contribution in [2.24, 2.45) is 0 Å². The molecule has 2 aromatic rings. The Hall–Kier alpha value is -1.39. The molecule has 4 nitrogen and oxygen atoms in total. The lowest BCUT2D eigenvalue weighted by Gasteiger charge is -2.20. The molecule has 1 aromatic heterocycles. The Morgan fingerprint density at radius 1 is 1.33 bits per heavy atom. The summed E-state index contributed by atoms with van der Waals surface area (Å²) in [5.41, 5.74) is 1.79. The average Bonchev–Trinajstić information content (AvgIpc) is 2.38. The number of halogens is 1. The van der Waals surface area contributed by atoms with Crippen LogP contribution in [0.4, 0.5) is 5.82 Å². The second kappa shape index (κ2) is 5.98. The summed E-state index contributed by atoms with van der Waals surface area (Å²) in [5.74, 6) is 0.815. The van der Waals surface area contributed by atoms with Crippen molar-refractivity contribution in [3.05, 3.63) is 30.5 Å². The first kappa shape index (κ1) is 13.1. The van der Waals surface area contributed by atoms with E-state index >= 15 is 0 Å². The molecule has 1 unspecified atom stereocenters. The van der Waals surface area contributed by atoms with E-state index in [1.807, 2.05) is 36.2 Å². The summed E-state index contributed by atoms with van der Waals surface area (Å²) < 4.78 is 5.02. The number of hydrogen-bond donors (Lipinski definition) is 0. The van der Waals surface area contributed by atoms with E-state index in [2.05, 4.69) is 9.97 Å². The Balaban J connectivity index is 2.15. The van der Waals surface area contributed by atoms with Crippen LogP contribution in [0, 0.1) is 0 Å². The highest BCUT2D eigenvalue weighted by Crippen LogP contribution is 2.15. The topological polar surface area (TPSA) is 38.2 Å². The smallest absolute Gasteiger partial charge is 0.147 e. The second-order valence-electron chi connectivity index (χ2n) is 4.15. The number of nitrogens with zero attached hydrogens (tertiary/aromatic N) is 3. The van der Waals surface area contributed by atoms with Crippen molar-refractivity contribution >= 4 is 28.5 Å². The van der Waals surface area contributed by atoms with E-state index in [-0.39, 0.29) is 5.38 Å². The summed E-state index contributed by atoms with van der Waals surface area (Å²) in [6.45, 7) is 1.19. The highest BCUT2D eigenvalue weighted by atomic mass is 35.5. The first-order chi connectivity index (χ1) is 8.70. The van der Waals surface area contributed by atoms with E-state index in [4.69, 9.17) is 16.3 Å². The van der Waals surface area contributed by atoms with Gasteiger partial charge in [-0.3, -0.25) is 4.98 Å². The molecule has 0 aliphatic rings. The fraction of sp³-hybridized carbons (Fsp3) is 0.385. The molecule has 1 atom stereocenters. The number of rotatable bonds is 5. The van der Waals surface area contributed by atoms with Crippen LogP contribution in [0.1, 0.15) is 0 Å². The molecule has 1 heterocycles. The third-order valence-corrected chi connectivity index (χ3v) is 2.91. The number of hydrogen-bond acceptors (Lipinski definition) is 4. The number of methoxy groups -OCH3 is 1. The molecular formula is C13H16ClN3O. The maximum atomic E-state index is 6.13. The van der Waals surface area contributed by atoms with E-state index in [0.29, 0.717) is 13.2 Å². The lowest BCUT2D eigenvalue weighted by Crippen LogP contribution is -2.29. The minimum Gasteiger partial charge on any atom is -0.383 e. The van der Waals surface area contributed by atoms with Gasteiger partial charge in [-0.15, -0.1) is 11.6 Å². The van der Waals surface area contributed by atoms with Crippen molar-refractivity contribution in [2.75, 3.05) is 32.2 Å².